The molecule has 0 saturated carbocycles. The van der Waals surface area contributed by atoms with Crippen molar-refractivity contribution < 1.29 is 4.74 Å². The van der Waals surface area contributed by atoms with E-state index in [1.54, 1.807) is 24.9 Å². The van der Waals surface area contributed by atoms with Crippen LogP contribution in [-0.4, -0.2) is 17.3 Å². The minimum Gasteiger partial charge on any atom is -0.496 e. The molecule has 0 aliphatic carbocycles. The van der Waals surface area contributed by atoms with Gasteiger partial charge in [-0.05, 0) is 18.2 Å². The van der Waals surface area contributed by atoms with E-state index in [0.717, 1.165) is 21.4 Å². The van der Waals surface area contributed by atoms with Gasteiger partial charge in [-0.3, -0.25) is 0 Å². The van der Waals surface area contributed by atoms with Crippen LogP contribution in [0.25, 0.3) is 0 Å². The van der Waals surface area contributed by atoms with Gasteiger partial charge in [0.05, 0.1) is 7.11 Å². The number of rotatable bonds is 4. The lowest BCUT2D eigenvalue weighted by Crippen LogP contribution is -1.90. The van der Waals surface area contributed by atoms with Crippen molar-refractivity contribution >= 4 is 39.8 Å². The molecule has 0 atom stereocenters. The van der Waals surface area contributed by atoms with E-state index in [1.807, 2.05) is 12.1 Å². The Balaban J connectivity index is 2.10. The fourth-order valence-electron chi connectivity index (χ4n) is 1.28. The third kappa shape index (κ3) is 3.24. The number of nitrogens with two attached hydrogens (primary N) is 1. The molecule has 2 rings (SSSR count). The topological polar surface area (TPSA) is 61.0 Å². The second kappa shape index (κ2) is 5.57. The van der Waals surface area contributed by atoms with Crippen molar-refractivity contribution in [1.82, 2.24) is 10.2 Å². The van der Waals surface area contributed by atoms with E-state index in [2.05, 4.69) is 10.2 Å². The summed E-state index contributed by atoms with van der Waals surface area (Å²) in [7, 11) is 1.64. The zero-order valence-corrected chi connectivity index (χ0v) is 11.4. The Morgan fingerprint density at radius 2 is 2.29 bits per heavy atom. The van der Waals surface area contributed by atoms with Crippen molar-refractivity contribution in [3.05, 3.63) is 28.8 Å². The van der Waals surface area contributed by atoms with Crippen LogP contribution in [0.4, 0.5) is 5.13 Å². The molecule has 7 heteroatoms. The highest BCUT2D eigenvalue weighted by Gasteiger charge is 2.07. The molecule has 0 spiro atoms. The highest BCUT2D eigenvalue weighted by molar-refractivity contribution is 8.00. The van der Waals surface area contributed by atoms with Gasteiger partial charge in [-0.1, -0.05) is 34.7 Å². The Kier molecular flexibility index (Phi) is 4.09. The van der Waals surface area contributed by atoms with Crippen LogP contribution in [0.3, 0.4) is 0 Å². The van der Waals surface area contributed by atoms with E-state index in [1.165, 1.54) is 11.3 Å². The van der Waals surface area contributed by atoms with E-state index in [9.17, 15) is 0 Å². The Morgan fingerprint density at radius 3 is 2.94 bits per heavy atom. The minimum atomic E-state index is 0.477. The van der Waals surface area contributed by atoms with Crippen LogP contribution in [0.15, 0.2) is 22.5 Å². The van der Waals surface area contributed by atoms with Gasteiger partial charge in [0, 0.05) is 16.3 Å². The van der Waals surface area contributed by atoms with Crippen molar-refractivity contribution in [1.29, 1.82) is 0 Å². The Morgan fingerprint density at radius 1 is 1.47 bits per heavy atom. The van der Waals surface area contributed by atoms with Gasteiger partial charge in [0.15, 0.2) is 4.34 Å². The summed E-state index contributed by atoms with van der Waals surface area (Å²) < 4.78 is 6.10. The van der Waals surface area contributed by atoms with Crippen molar-refractivity contribution in [2.75, 3.05) is 12.8 Å². The van der Waals surface area contributed by atoms with Gasteiger partial charge in [-0.2, -0.15) is 0 Å². The predicted octanol–water partition coefficient (Wildman–Crippen LogP) is 3.07. The van der Waals surface area contributed by atoms with Gasteiger partial charge in [0.25, 0.3) is 0 Å². The van der Waals surface area contributed by atoms with Crippen LogP contribution >= 0.6 is 34.7 Å². The molecular formula is C10H10ClN3OS2. The van der Waals surface area contributed by atoms with Gasteiger partial charge in [0.2, 0.25) is 5.13 Å². The van der Waals surface area contributed by atoms with Crippen LogP contribution in [-0.2, 0) is 5.75 Å². The van der Waals surface area contributed by atoms with E-state index < -0.39 is 0 Å². The number of methoxy groups -OCH3 is 1. The molecule has 2 N–H and O–H groups in total. The maximum absolute atomic E-state index is 5.95. The van der Waals surface area contributed by atoms with Gasteiger partial charge >= 0.3 is 0 Å². The number of aromatic nitrogens is 2. The summed E-state index contributed by atoms with van der Waals surface area (Å²) in [5.74, 6) is 1.54. The molecule has 0 radical (unpaired) electrons. The number of nitrogens with zero attached hydrogens (tertiary/aromatic N) is 2. The number of ether oxygens (including phenoxy) is 1. The fourth-order valence-corrected chi connectivity index (χ4v) is 3.09. The maximum atomic E-state index is 5.95. The lowest BCUT2D eigenvalue weighted by molar-refractivity contribution is 0.411. The largest absolute Gasteiger partial charge is 0.496 e. The van der Waals surface area contributed by atoms with E-state index in [0.29, 0.717) is 10.2 Å². The molecular weight excluding hydrogens is 278 g/mol. The van der Waals surface area contributed by atoms with E-state index in [4.69, 9.17) is 22.1 Å². The molecule has 0 aliphatic rings. The molecule has 1 aromatic heterocycles. The van der Waals surface area contributed by atoms with Crippen LogP contribution < -0.4 is 10.5 Å². The van der Waals surface area contributed by atoms with Crippen LogP contribution in [0.5, 0.6) is 5.75 Å². The standard InChI is InChI=1S/C10H10ClN3OS2/c1-15-8-3-2-7(11)4-6(8)5-16-10-14-13-9(12)17-10/h2-4H,5H2,1H3,(H2,12,13). The first-order chi connectivity index (χ1) is 8.19. The minimum absolute atomic E-state index is 0.477. The van der Waals surface area contributed by atoms with Gasteiger partial charge in [-0.15, -0.1) is 10.2 Å². The molecule has 0 amide bonds. The van der Waals surface area contributed by atoms with Gasteiger partial charge < -0.3 is 10.5 Å². The quantitative estimate of drug-likeness (QED) is 0.876. The molecule has 0 aliphatic heterocycles. The Bertz CT molecular complexity index is 518. The average molecular weight is 288 g/mol. The first-order valence-corrected chi connectivity index (χ1v) is 6.91. The van der Waals surface area contributed by atoms with Crippen LogP contribution in [0, 0.1) is 0 Å². The van der Waals surface area contributed by atoms with Gasteiger partial charge in [0.1, 0.15) is 5.75 Å². The molecule has 0 bridgehead atoms. The molecule has 0 unspecified atom stereocenters. The van der Waals surface area contributed by atoms with Gasteiger partial charge in [-0.25, -0.2) is 0 Å². The lowest BCUT2D eigenvalue weighted by Gasteiger charge is -2.07. The highest BCUT2D eigenvalue weighted by Crippen LogP contribution is 2.31. The summed E-state index contributed by atoms with van der Waals surface area (Å²) in [5, 5.41) is 8.87. The molecule has 4 nitrogen and oxygen atoms in total. The van der Waals surface area contributed by atoms with Crippen molar-refractivity contribution in [3.8, 4) is 5.75 Å². The van der Waals surface area contributed by atoms with E-state index in [-0.39, 0.29) is 0 Å². The number of thioether (sulfide) groups is 1. The first-order valence-electron chi connectivity index (χ1n) is 4.73. The summed E-state index contributed by atoms with van der Waals surface area (Å²) >= 11 is 8.88. The smallest absolute Gasteiger partial charge is 0.203 e. The van der Waals surface area contributed by atoms with Crippen LogP contribution in [0.1, 0.15) is 5.56 Å². The number of halogens is 1. The molecule has 0 fully saturated rings. The average Bonchev–Trinajstić information content (AvgIpc) is 2.73. The Labute approximate surface area is 112 Å². The molecule has 0 saturated heterocycles. The number of nitrogen functional groups attached to an aromatic ring is 1. The Hall–Kier alpha value is -0.980. The first kappa shape index (κ1) is 12.5. The maximum Gasteiger partial charge on any atom is 0.203 e. The van der Waals surface area contributed by atoms with Crippen molar-refractivity contribution in [2.24, 2.45) is 0 Å². The zero-order chi connectivity index (χ0) is 12.3. The summed E-state index contributed by atoms with van der Waals surface area (Å²) in [5.41, 5.74) is 6.54. The number of hydrogen-bond acceptors (Lipinski definition) is 6. The normalized spacial score (nSPS) is 10.5. The zero-order valence-electron chi connectivity index (χ0n) is 9.01. The highest BCUT2D eigenvalue weighted by atomic mass is 35.5. The molecule has 1 aromatic carbocycles. The summed E-state index contributed by atoms with van der Waals surface area (Å²) in [6, 6.07) is 5.54. The monoisotopic (exact) mass is 287 g/mol. The summed E-state index contributed by atoms with van der Waals surface area (Å²) in [4.78, 5) is 0. The number of benzene rings is 1. The number of hydrogen-bond donors (Lipinski definition) is 1. The fraction of sp³-hybridized carbons (Fsp3) is 0.200. The third-order valence-corrected chi connectivity index (χ3v) is 4.19. The third-order valence-electron chi connectivity index (χ3n) is 2.02. The lowest BCUT2D eigenvalue weighted by atomic mass is 10.2. The summed E-state index contributed by atoms with van der Waals surface area (Å²) in [6.45, 7) is 0. The van der Waals surface area contributed by atoms with Crippen molar-refractivity contribution in [3.63, 3.8) is 0 Å². The molecule has 2 aromatic rings. The second-order valence-electron chi connectivity index (χ2n) is 3.15. The predicted molar refractivity (Wildman–Crippen MR) is 71.9 cm³/mol. The summed E-state index contributed by atoms with van der Waals surface area (Å²) in [6.07, 6.45) is 0. The molecule has 1 heterocycles. The van der Waals surface area contributed by atoms with E-state index >= 15 is 0 Å². The molecule has 17 heavy (non-hydrogen) atoms. The van der Waals surface area contributed by atoms with Crippen molar-refractivity contribution in [2.45, 2.75) is 10.1 Å². The molecule has 90 valence electrons. The second-order valence-corrected chi connectivity index (χ2v) is 5.82. The number of anilines is 1. The van der Waals surface area contributed by atoms with Crippen LogP contribution in [0.2, 0.25) is 5.02 Å². The SMILES string of the molecule is COc1ccc(Cl)cc1CSc1nnc(N)s1.